The minimum absolute atomic E-state index is 0.120. The fourth-order valence-corrected chi connectivity index (χ4v) is 2.83. The van der Waals surface area contributed by atoms with Gasteiger partial charge in [0, 0.05) is 30.3 Å². The largest absolute Gasteiger partial charge is 0.336 e. The molecule has 1 aromatic heterocycles. The molecule has 8 heteroatoms. The summed E-state index contributed by atoms with van der Waals surface area (Å²) in [5.74, 6) is -0.366. The Kier molecular flexibility index (Phi) is 4.54. The summed E-state index contributed by atoms with van der Waals surface area (Å²) in [5, 5.41) is 11.9. The average Bonchev–Trinajstić information content (AvgIpc) is 2.83. The van der Waals surface area contributed by atoms with Crippen molar-refractivity contribution < 1.29 is 9.72 Å². The van der Waals surface area contributed by atoms with Crippen molar-refractivity contribution in [2.24, 2.45) is 0 Å². The summed E-state index contributed by atoms with van der Waals surface area (Å²) in [6, 6.07) is 3.82. The summed E-state index contributed by atoms with van der Waals surface area (Å²) in [6.45, 7) is 2.26. The highest BCUT2D eigenvalue weighted by atomic mass is 35.5. The fourth-order valence-electron chi connectivity index (χ4n) is 1.78. The number of rotatable bonds is 4. The van der Waals surface area contributed by atoms with Crippen LogP contribution in [0.1, 0.15) is 20.2 Å². The third-order valence-corrected chi connectivity index (χ3v) is 4.03. The Hall–Kier alpha value is -1.99. The molecule has 0 bridgehead atoms. The van der Waals surface area contributed by atoms with Gasteiger partial charge < -0.3 is 4.90 Å². The minimum atomic E-state index is -0.556. The number of nitro benzene ring substituents is 1. The molecular weight excluding hydrogens is 314 g/mol. The second kappa shape index (κ2) is 6.19. The number of aryl methyl sites for hydroxylation is 1. The van der Waals surface area contributed by atoms with E-state index in [0.717, 1.165) is 9.88 Å². The van der Waals surface area contributed by atoms with Crippen LogP contribution >= 0.6 is 22.9 Å². The Labute approximate surface area is 130 Å². The van der Waals surface area contributed by atoms with Crippen molar-refractivity contribution in [3.8, 4) is 0 Å². The molecule has 110 valence electrons. The molecule has 1 amide bonds. The lowest BCUT2D eigenvalue weighted by Crippen LogP contribution is -2.26. The van der Waals surface area contributed by atoms with Crippen LogP contribution in [0.5, 0.6) is 0 Å². The smallest absolute Gasteiger partial charge is 0.270 e. The standard InChI is InChI=1S/C13H12ClN3O3S/c1-8-15-6-10(21-8)7-16(2)13(18)11-5-9(17(19)20)3-4-12(11)14/h3-6H,7H2,1-2H3. The lowest BCUT2D eigenvalue weighted by Gasteiger charge is -2.16. The molecule has 0 fully saturated rings. The van der Waals surface area contributed by atoms with Gasteiger partial charge in [0.1, 0.15) is 0 Å². The van der Waals surface area contributed by atoms with Crippen LogP contribution in [-0.4, -0.2) is 27.8 Å². The third kappa shape index (κ3) is 3.56. The zero-order valence-corrected chi connectivity index (χ0v) is 12.9. The molecule has 6 nitrogen and oxygen atoms in total. The monoisotopic (exact) mass is 325 g/mol. The Bertz CT molecular complexity index is 702. The van der Waals surface area contributed by atoms with Crippen molar-refractivity contribution >= 4 is 34.5 Å². The lowest BCUT2D eigenvalue weighted by atomic mass is 10.1. The number of nitrogens with zero attached hydrogens (tertiary/aromatic N) is 3. The van der Waals surface area contributed by atoms with Crippen LogP contribution < -0.4 is 0 Å². The van der Waals surface area contributed by atoms with Crippen molar-refractivity contribution in [3.05, 3.63) is 55.0 Å². The Morgan fingerprint density at radius 3 is 2.81 bits per heavy atom. The topological polar surface area (TPSA) is 76.3 Å². The molecule has 2 aromatic rings. The Morgan fingerprint density at radius 2 is 2.24 bits per heavy atom. The van der Waals surface area contributed by atoms with Crippen molar-refractivity contribution in [2.75, 3.05) is 7.05 Å². The number of hydrogen-bond donors (Lipinski definition) is 0. The van der Waals surface area contributed by atoms with Crippen LogP contribution in [0.25, 0.3) is 0 Å². The quantitative estimate of drug-likeness (QED) is 0.638. The number of amides is 1. The highest BCUT2D eigenvalue weighted by Gasteiger charge is 2.19. The van der Waals surface area contributed by atoms with E-state index >= 15 is 0 Å². The molecule has 0 aliphatic heterocycles. The number of carbonyl (C=O) groups is 1. The van der Waals surface area contributed by atoms with Crippen molar-refractivity contribution in [1.82, 2.24) is 9.88 Å². The van der Waals surface area contributed by atoms with Gasteiger partial charge in [-0.25, -0.2) is 4.98 Å². The van der Waals surface area contributed by atoms with E-state index in [1.165, 1.54) is 34.4 Å². The van der Waals surface area contributed by atoms with E-state index < -0.39 is 4.92 Å². The molecule has 0 spiro atoms. The van der Waals surface area contributed by atoms with E-state index in [4.69, 9.17) is 11.6 Å². The summed E-state index contributed by atoms with van der Waals surface area (Å²) >= 11 is 7.46. The van der Waals surface area contributed by atoms with Gasteiger partial charge in [0.2, 0.25) is 0 Å². The molecule has 21 heavy (non-hydrogen) atoms. The molecule has 1 heterocycles. The first kappa shape index (κ1) is 15.4. The Morgan fingerprint density at radius 1 is 1.52 bits per heavy atom. The van der Waals surface area contributed by atoms with Crippen molar-refractivity contribution in [2.45, 2.75) is 13.5 Å². The first-order valence-electron chi connectivity index (χ1n) is 5.99. The zero-order valence-electron chi connectivity index (χ0n) is 11.4. The first-order valence-corrected chi connectivity index (χ1v) is 7.18. The van der Waals surface area contributed by atoms with Gasteiger partial charge in [0.15, 0.2) is 0 Å². The van der Waals surface area contributed by atoms with E-state index in [1.807, 2.05) is 6.92 Å². The van der Waals surface area contributed by atoms with Crippen LogP contribution in [0.2, 0.25) is 5.02 Å². The van der Waals surface area contributed by atoms with Crippen LogP contribution in [-0.2, 0) is 6.54 Å². The van der Waals surface area contributed by atoms with E-state index in [0.29, 0.717) is 6.54 Å². The summed E-state index contributed by atoms with van der Waals surface area (Å²) in [6.07, 6.45) is 1.71. The minimum Gasteiger partial charge on any atom is -0.336 e. The fraction of sp³-hybridized carbons (Fsp3) is 0.231. The summed E-state index contributed by atoms with van der Waals surface area (Å²) in [7, 11) is 1.62. The number of non-ortho nitro benzene ring substituents is 1. The summed E-state index contributed by atoms with van der Waals surface area (Å²) in [5.41, 5.74) is -0.0422. The van der Waals surface area contributed by atoms with Crippen LogP contribution in [0.15, 0.2) is 24.4 Å². The van der Waals surface area contributed by atoms with Crippen molar-refractivity contribution in [1.29, 1.82) is 0 Å². The number of hydrogen-bond acceptors (Lipinski definition) is 5. The maximum Gasteiger partial charge on any atom is 0.270 e. The molecule has 0 aliphatic rings. The van der Waals surface area contributed by atoms with Gasteiger partial charge >= 0.3 is 0 Å². The average molecular weight is 326 g/mol. The van der Waals surface area contributed by atoms with E-state index in [9.17, 15) is 14.9 Å². The summed E-state index contributed by atoms with van der Waals surface area (Å²) in [4.78, 5) is 29.1. The predicted molar refractivity (Wildman–Crippen MR) is 80.8 cm³/mol. The molecule has 2 rings (SSSR count). The predicted octanol–water partition coefficient (Wildman–Crippen LogP) is 3.29. The van der Waals surface area contributed by atoms with Gasteiger partial charge in [0.05, 0.1) is 27.1 Å². The molecule has 0 atom stereocenters. The van der Waals surface area contributed by atoms with Gasteiger partial charge in [-0.1, -0.05) is 11.6 Å². The number of nitro groups is 1. The normalized spacial score (nSPS) is 10.4. The zero-order chi connectivity index (χ0) is 15.6. The number of benzene rings is 1. The van der Waals surface area contributed by atoms with Crippen LogP contribution in [0.4, 0.5) is 5.69 Å². The molecule has 0 saturated heterocycles. The molecule has 0 aliphatic carbocycles. The van der Waals surface area contributed by atoms with Gasteiger partial charge in [-0.15, -0.1) is 11.3 Å². The lowest BCUT2D eigenvalue weighted by molar-refractivity contribution is -0.384. The highest BCUT2D eigenvalue weighted by Crippen LogP contribution is 2.24. The number of carbonyl (C=O) groups excluding carboxylic acids is 1. The van der Waals surface area contributed by atoms with Gasteiger partial charge in [-0.05, 0) is 13.0 Å². The van der Waals surface area contributed by atoms with Gasteiger partial charge in [-0.3, -0.25) is 14.9 Å². The molecule has 0 N–H and O–H groups in total. The van der Waals surface area contributed by atoms with Crippen LogP contribution in [0, 0.1) is 17.0 Å². The SMILES string of the molecule is Cc1ncc(CN(C)C(=O)c2cc([N+](=O)[O-])ccc2Cl)s1. The third-order valence-electron chi connectivity index (χ3n) is 2.80. The molecule has 0 unspecified atom stereocenters. The number of halogens is 1. The van der Waals surface area contributed by atoms with E-state index in [-0.39, 0.29) is 22.2 Å². The van der Waals surface area contributed by atoms with E-state index in [2.05, 4.69) is 4.98 Å². The van der Waals surface area contributed by atoms with E-state index in [1.54, 1.807) is 13.2 Å². The van der Waals surface area contributed by atoms with Gasteiger partial charge in [0.25, 0.3) is 11.6 Å². The van der Waals surface area contributed by atoms with Crippen molar-refractivity contribution in [3.63, 3.8) is 0 Å². The summed E-state index contributed by atoms with van der Waals surface area (Å²) < 4.78 is 0. The Balaban J connectivity index is 2.22. The van der Waals surface area contributed by atoms with Crippen LogP contribution in [0.3, 0.4) is 0 Å². The second-order valence-corrected chi connectivity index (χ2v) is 6.15. The maximum absolute atomic E-state index is 12.4. The second-order valence-electron chi connectivity index (χ2n) is 4.43. The first-order chi connectivity index (χ1) is 9.88. The van der Waals surface area contributed by atoms with Gasteiger partial charge in [-0.2, -0.15) is 0 Å². The molecule has 0 radical (unpaired) electrons. The molecular formula is C13H12ClN3O3S. The molecule has 1 aromatic carbocycles. The maximum atomic E-state index is 12.4. The number of aromatic nitrogens is 1. The number of thiazole rings is 1. The highest BCUT2D eigenvalue weighted by molar-refractivity contribution is 7.11. The molecule has 0 saturated carbocycles.